The van der Waals surface area contributed by atoms with Crippen LogP contribution in [0.5, 0.6) is 0 Å². The molecule has 1 heteroatoms. The van der Waals surface area contributed by atoms with Crippen LogP contribution in [-0.4, -0.2) is 9.52 Å². The van der Waals surface area contributed by atoms with Crippen molar-refractivity contribution in [3.63, 3.8) is 0 Å². The van der Waals surface area contributed by atoms with E-state index in [4.69, 9.17) is 5.48 Å². The van der Waals surface area contributed by atoms with E-state index in [1.165, 1.54) is 0 Å². The Labute approximate surface area is 41.0 Å². The van der Waals surface area contributed by atoms with Crippen LogP contribution in [0.3, 0.4) is 0 Å². The smallest absolute Gasteiger partial charge is 0.0377 e. The highest BCUT2D eigenvalue weighted by Gasteiger charge is 1.96. The van der Waals surface area contributed by atoms with E-state index in [2.05, 4.69) is 0 Å². The summed E-state index contributed by atoms with van der Waals surface area (Å²) in [6.07, 6.45) is 0.775. The molecule has 0 atom stereocenters. The second-order valence-corrected chi connectivity index (χ2v) is 1.94. The molecule has 1 aliphatic rings. The summed E-state index contributed by atoms with van der Waals surface area (Å²) in [5, 5.41) is 0. The summed E-state index contributed by atoms with van der Waals surface area (Å²) in [6.45, 7) is 0. The first-order valence-electron chi connectivity index (χ1n) is 3.71. The van der Waals surface area contributed by atoms with Crippen LogP contribution in [-0.2, 0) is 0 Å². The normalized spacial score (nSPS) is 56.0. The number of hydrogen-bond donors (Lipinski definition) is 0. The monoisotopic (exact) mass is 88.1 g/mol. The minimum absolute atomic E-state index is 0.171. The molecule has 0 unspecified atom stereocenters. The van der Waals surface area contributed by atoms with Gasteiger partial charge in [-0.2, -0.15) is 0 Å². The average molecular weight is 88.2 g/mol. The maximum Gasteiger partial charge on any atom is 0.0377 e. The topological polar surface area (TPSA) is 0 Å². The third kappa shape index (κ3) is 0.761. The first kappa shape index (κ1) is 1.09. The van der Waals surface area contributed by atoms with Crippen molar-refractivity contribution < 1.29 is 5.48 Å². The Balaban J connectivity index is 2.58. The summed E-state index contributed by atoms with van der Waals surface area (Å²) < 4.78 is 28.7. The van der Waals surface area contributed by atoms with Gasteiger partial charge < -0.3 is 0 Å². The van der Waals surface area contributed by atoms with Crippen molar-refractivity contribution in [3.05, 3.63) is 0 Å². The van der Waals surface area contributed by atoms with E-state index in [0.717, 1.165) is 0 Å². The summed E-state index contributed by atoms with van der Waals surface area (Å²) in [5.41, 5.74) is 0. The predicted octanol–water partition coefficient (Wildman–Crippen LogP) is 1.32. The molecule has 0 saturated carbocycles. The van der Waals surface area contributed by atoms with E-state index in [0.29, 0.717) is 12.8 Å². The van der Waals surface area contributed by atoms with E-state index in [9.17, 15) is 0 Å². The van der Waals surface area contributed by atoms with Gasteiger partial charge in [0.2, 0.25) is 0 Å². The Morgan fingerprint density at radius 3 is 2.20 bits per heavy atom. The highest BCUT2D eigenvalue weighted by molar-refractivity contribution is 6.36. The van der Waals surface area contributed by atoms with Gasteiger partial charge in [-0.25, -0.2) is 0 Å². The van der Waals surface area contributed by atoms with Crippen molar-refractivity contribution >= 4 is 9.52 Å². The summed E-state index contributed by atoms with van der Waals surface area (Å²) in [4.78, 5) is 0. The van der Waals surface area contributed by atoms with Crippen LogP contribution in [0, 0.1) is 0 Å². The molecular formula is C4H8Si. The molecule has 1 rings (SSSR count). The first-order valence-corrected chi connectivity index (χ1v) is 2.71. The molecule has 5 heavy (non-hydrogen) atoms. The molecule has 28 valence electrons. The molecule has 1 heterocycles. The fourth-order valence-corrected chi connectivity index (χ4v) is 0.937. The second kappa shape index (κ2) is 1.60. The molecule has 0 nitrogen and oxygen atoms in total. The standard InChI is InChI=1S/C4H8Si/c1-2-4-5-3-1/h1-4H2/i3D2,4D2. The Hall–Kier alpha value is 0.217. The van der Waals surface area contributed by atoms with E-state index < -0.39 is 12.0 Å². The highest BCUT2D eigenvalue weighted by atomic mass is 28.2. The van der Waals surface area contributed by atoms with Crippen LogP contribution in [0.4, 0.5) is 0 Å². The van der Waals surface area contributed by atoms with Gasteiger partial charge in [-0.3, -0.25) is 0 Å². The SMILES string of the molecule is [2H]C1([2H])CCC([2H])([2H])[Si]1. The van der Waals surface area contributed by atoms with Crippen molar-refractivity contribution in [1.29, 1.82) is 0 Å². The van der Waals surface area contributed by atoms with Crippen LogP contribution in [0.15, 0.2) is 0 Å². The summed E-state index contributed by atoms with van der Waals surface area (Å²) >= 11 is 0. The number of rotatable bonds is 0. The summed E-state index contributed by atoms with van der Waals surface area (Å²) in [7, 11) is -0.171. The van der Waals surface area contributed by atoms with Gasteiger partial charge in [0.25, 0.3) is 0 Å². The van der Waals surface area contributed by atoms with Crippen LogP contribution >= 0.6 is 0 Å². The fourth-order valence-electron chi connectivity index (χ4n) is 0.312. The summed E-state index contributed by atoms with van der Waals surface area (Å²) in [5.74, 6) is -2.44. The zero-order chi connectivity index (χ0) is 7.12. The molecule has 0 aromatic carbocycles. The lowest BCUT2D eigenvalue weighted by Gasteiger charge is -1.68. The van der Waals surface area contributed by atoms with Gasteiger partial charge in [-0.15, -0.1) is 0 Å². The zero-order valence-corrected chi connectivity index (χ0v) is 3.91. The average Bonchev–Trinajstić information content (AvgIpc) is 1.78. The van der Waals surface area contributed by atoms with Crippen molar-refractivity contribution in [3.8, 4) is 0 Å². The van der Waals surface area contributed by atoms with Gasteiger partial charge in [0.1, 0.15) is 0 Å². The quantitative estimate of drug-likeness (QED) is 0.392. The fraction of sp³-hybridized carbons (Fsp3) is 1.00. The number of hydrogen-bond acceptors (Lipinski definition) is 0. The first-order chi connectivity index (χ1) is 3.91. The third-order valence-electron chi connectivity index (χ3n) is 0.552. The van der Waals surface area contributed by atoms with Crippen molar-refractivity contribution in [2.24, 2.45) is 0 Å². The minimum atomic E-state index is -1.22. The van der Waals surface area contributed by atoms with Crippen LogP contribution in [0.25, 0.3) is 0 Å². The van der Waals surface area contributed by atoms with E-state index >= 15 is 0 Å². The molecule has 0 spiro atoms. The maximum absolute atomic E-state index is 7.18. The molecule has 1 aliphatic heterocycles. The molecular weight excluding hydrogens is 76.1 g/mol. The van der Waals surface area contributed by atoms with E-state index in [-0.39, 0.29) is 9.52 Å². The zero-order valence-electron chi connectivity index (χ0n) is 6.91. The molecule has 0 aromatic heterocycles. The van der Waals surface area contributed by atoms with Crippen LogP contribution in [0.1, 0.15) is 18.3 Å². The van der Waals surface area contributed by atoms with Crippen LogP contribution in [0.2, 0.25) is 12.0 Å². The molecule has 1 fully saturated rings. The molecule has 0 bridgehead atoms. The Morgan fingerprint density at radius 1 is 1.40 bits per heavy atom. The minimum Gasteiger partial charge on any atom is -0.0612 e. The molecule has 1 saturated heterocycles. The van der Waals surface area contributed by atoms with E-state index in [1.54, 1.807) is 0 Å². The van der Waals surface area contributed by atoms with Gasteiger partial charge in [-0.05, 0) is 0 Å². The van der Waals surface area contributed by atoms with Gasteiger partial charge in [-0.1, -0.05) is 24.8 Å². The predicted molar refractivity (Wildman–Crippen MR) is 24.6 cm³/mol. The maximum atomic E-state index is 7.18. The van der Waals surface area contributed by atoms with Crippen LogP contribution < -0.4 is 0 Å². The van der Waals surface area contributed by atoms with Gasteiger partial charge in [0.05, 0.1) is 0 Å². The highest BCUT2D eigenvalue weighted by Crippen LogP contribution is 2.09. The largest absolute Gasteiger partial charge is 0.0612 e. The van der Waals surface area contributed by atoms with Gasteiger partial charge >= 0.3 is 0 Å². The lowest BCUT2D eigenvalue weighted by atomic mass is 10.4. The van der Waals surface area contributed by atoms with Crippen molar-refractivity contribution in [2.75, 3.05) is 0 Å². The lowest BCUT2D eigenvalue weighted by Crippen LogP contribution is -1.68. The van der Waals surface area contributed by atoms with Gasteiger partial charge in [0, 0.05) is 15.0 Å². The third-order valence-corrected chi connectivity index (χ3v) is 1.41. The Kier molecular flexibility index (Phi) is 0.350. The molecule has 0 aromatic rings. The van der Waals surface area contributed by atoms with Crippen molar-refractivity contribution in [2.45, 2.75) is 24.8 Å². The lowest BCUT2D eigenvalue weighted by molar-refractivity contribution is 0.935. The second-order valence-electron chi connectivity index (χ2n) is 0.979. The molecule has 0 amide bonds. The molecule has 0 N–H and O–H groups in total. The van der Waals surface area contributed by atoms with E-state index in [1.807, 2.05) is 0 Å². The summed E-state index contributed by atoms with van der Waals surface area (Å²) in [6, 6.07) is 0. The molecule has 0 aliphatic carbocycles. The van der Waals surface area contributed by atoms with Crippen molar-refractivity contribution in [1.82, 2.24) is 0 Å². The molecule has 2 radical (unpaired) electrons. The Bertz CT molecular complexity index is 108. The van der Waals surface area contributed by atoms with Gasteiger partial charge in [0.15, 0.2) is 0 Å². The Morgan fingerprint density at radius 2 is 2.00 bits per heavy atom.